The normalized spacial score (nSPS) is 31.2. The lowest BCUT2D eigenvalue weighted by Gasteiger charge is -2.39. The molecule has 1 heterocycles. The van der Waals surface area contributed by atoms with Gasteiger partial charge in [0, 0.05) is 6.04 Å². The molecule has 3 heteroatoms. The highest BCUT2D eigenvalue weighted by atomic mass is 16.5. The Balaban J connectivity index is 2.04. The summed E-state index contributed by atoms with van der Waals surface area (Å²) in [5.74, 6) is -0.0161. The van der Waals surface area contributed by atoms with Crippen LogP contribution >= 0.6 is 0 Å². The highest BCUT2D eigenvalue weighted by Gasteiger charge is 2.33. The number of rotatable bonds is 3. The van der Waals surface area contributed by atoms with Crippen molar-refractivity contribution >= 4 is 5.97 Å². The minimum Gasteiger partial charge on any atom is -0.465 e. The van der Waals surface area contributed by atoms with Crippen molar-refractivity contribution < 1.29 is 9.53 Å². The van der Waals surface area contributed by atoms with Crippen molar-refractivity contribution in [2.45, 2.75) is 70.4 Å². The van der Waals surface area contributed by atoms with Gasteiger partial charge in [0.15, 0.2) is 0 Å². The zero-order valence-corrected chi connectivity index (χ0v) is 12.1. The number of ether oxygens (including phenoxy) is 1. The number of likely N-dealkylation sites (tertiary alicyclic amines) is 1. The molecule has 2 atom stereocenters. The Bertz CT molecular complexity index is 314. The van der Waals surface area contributed by atoms with E-state index in [1.165, 1.54) is 38.5 Å². The monoisotopic (exact) mass is 265 g/mol. The molecular formula is C16H27NO2. The molecule has 0 amide bonds. The van der Waals surface area contributed by atoms with Gasteiger partial charge in [-0.25, -0.2) is 0 Å². The van der Waals surface area contributed by atoms with Gasteiger partial charge in [0.05, 0.1) is 6.61 Å². The van der Waals surface area contributed by atoms with E-state index in [1.54, 1.807) is 0 Å². The van der Waals surface area contributed by atoms with Gasteiger partial charge in [-0.1, -0.05) is 31.4 Å². The quantitative estimate of drug-likeness (QED) is 0.579. The van der Waals surface area contributed by atoms with E-state index in [4.69, 9.17) is 4.74 Å². The lowest BCUT2D eigenvalue weighted by Crippen LogP contribution is -2.50. The van der Waals surface area contributed by atoms with Gasteiger partial charge in [-0.05, 0) is 45.6 Å². The van der Waals surface area contributed by atoms with Gasteiger partial charge in [-0.3, -0.25) is 9.69 Å². The number of nitrogens with zero attached hydrogens (tertiary/aromatic N) is 1. The van der Waals surface area contributed by atoms with Crippen LogP contribution in [0, 0.1) is 0 Å². The van der Waals surface area contributed by atoms with Crippen LogP contribution in [0.4, 0.5) is 0 Å². The van der Waals surface area contributed by atoms with Crippen LogP contribution in [-0.4, -0.2) is 36.1 Å². The van der Waals surface area contributed by atoms with Gasteiger partial charge < -0.3 is 4.74 Å². The molecule has 0 N–H and O–H groups in total. The summed E-state index contributed by atoms with van der Waals surface area (Å²) in [5, 5.41) is 0. The first-order valence-electron chi connectivity index (χ1n) is 7.92. The summed E-state index contributed by atoms with van der Waals surface area (Å²) in [6.45, 7) is 3.42. The Morgan fingerprint density at radius 1 is 1.21 bits per heavy atom. The first-order valence-corrected chi connectivity index (χ1v) is 7.92. The van der Waals surface area contributed by atoms with Crippen LogP contribution in [0.1, 0.15) is 58.3 Å². The molecule has 2 aliphatic rings. The third-order valence-corrected chi connectivity index (χ3v) is 4.26. The summed E-state index contributed by atoms with van der Waals surface area (Å²) in [6, 6.07) is 0.429. The molecule has 3 nitrogen and oxygen atoms in total. The zero-order valence-electron chi connectivity index (χ0n) is 12.1. The van der Waals surface area contributed by atoms with Gasteiger partial charge in [0.1, 0.15) is 6.04 Å². The van der Waals surface area contributed by atoms with Crippen molar-refractivity contribution in [1.82, 2.24) is 4.90 Å². The second-order valence-electron chi connectivity index (χ2n) is 5.63. The molecule has 1 aliphatic heterocycles. The van der Waals surface area contributed by atoms with Crippen molar-refractivity contribution in [3.8, 4) is 0 Å². The van der Waals surface area contributed by atoms with E-state index in [1.807, 2.05) is 6.92 Å². The maximum absolute atomic E-state index is 12.1. The summed E-state index contributed by atoms with van der Waals surface area (Å²) >= 11 is 0. The van der Waals surface area contributed by atoms with Crippen LogP contribution in [-0.2, 0) is 9.53 Å². The molecule has 19 heavy (non-hydrogen) atoms. The predicted octanol–water partition coefficient (Wildman–Crippen LogP) is 3.29. The molecule has 0 aromatic heterocycles. The number of carbonyl (C=O) groups excluding carboxylic acids is 1. The van der Waals surface area contributed by atoms with Gasteiger partial charge >= 0.3 is 5.97 Å². The van der Waals surface area contributed by atoms with Crippen LogP contribution in [0.15, 0.2) is 12.2 Å². The van der Waals surface area contributed by atoms with Crippen LogP contribution in [0.3, 0.4) is 0 Å². The minimum absolute atomic E-state index is 0.0113. The van der Waals surface area contributed by atoms with E-state index in [0.717, 1.165) is 19.4 Å². The number of carbonyl (C=O) groups is 1. The van der Waals surface area contributed by atoms with Crippen LogP contribution in [0.5, 0.6) is 0 Å². The van der Waals surface area contributed by atoms with Gasteiger partial charge in [-0.2, -0.15) is 0 Å². The first kappa shape index (κ1) is 14.6. The molecule has 108 valence electrons. The molecule has 2 rings (SSSR count). The van der Waals surface area contributed by atoms with Crippen LogP contribution in [0.2, 0.25) is 0 Å². The number of hydrogen-bond acceptors (Lipinski definition) is 3. The molecule has 0 spiro atoms. The van der Waals surface area contributed by atoms with Crippen molar-refractivity contribution in [3.05, 3.63) is 12.2 Å². The molecule has 1 aliphatic carbocycles. The smallest absolute Gasteiger partial charge is 0.323 e. The highest BCUT2D eigenvalue weighted by Crippen LogP contribution is 2.25. The summed E-state index contributed by atoms with van der Waals surface area (Å²) in [4.78, 5) is 14.5. The van der Waals surface area contributed by atoms with E-state index < -0.39 is 0 Å². The standard InChI is InChI=1S/C16H27NO2/c1-2-19-16(18)15-12-8-9-13-17(15)14-10-6-4-3-5-7-11-14/h6,10,14-15H,2-5,7-9,11-13H2,1H3/b10-6+. The van der Waals surface area contributed by atoms with E-state index in [0.29, 0.717) is 12.6 Å². The molecule has 0 bridgehead atoms. The molecular weight excluding hydrogens is 238 g/mol. The maximum atomic E-state index is 12.1. The number of allylic oxidation sites excluding steroid dienone is 1. The summed E-state index contributed by atoms with van der Waals surface area (Å²) < 4.78 is 5.25. The summed E-state index contributed by atoms with van der Waals surface area (Å²) in [5.41, 5.74) is 0. The van der Waals surface area contributed by atoms with Crippen molar-refractivity contribution in [1.29, 1.82) is 0 Å². The zero-order chi connectivity index (χ0) is 13.5. The average Bonchev–Trinajstić information content (AvgIpc) is 2.39. The third kappa shape index (κ3) is 4.07. The van der Waals surface area contributed by atoms with E-state index in [2.05, 4.69) is 17.1 Å². The average molecular weight is 265 g/mol. The maximum Gasteiger partial charge on any atom is 0.323 e. The Kier molecular flexibility index (Phi) is 5.90. The second-order valence-corrected chi connectivity index (χ2v) is 5.63. The fourth-order valence-corrected chi connectivity index (χ4v) is 3.26. The lowest BCUT2D eigenvalue weighted by molar-refractivity contribution is -0.151. The number of esters is 1. The van der Waals surface area contributed by atoms with Crippen molar-refractivity contribution in [3.63, 3.8) is 0 Å². The van der Waals surface area contributed by atoms with E-state index in [9.17, 15) is 4.79 Å². The molecule has 2 unspecified atom stereocenters. The van der Waals surface area contributed by atoms with Gasteiger partial charge in [-0.15, -0.1) is 0 Å². The largest absolute Gasteiger partial charge is 0.465 e. The van der Waals surface area contributed by atoms with E-state index >= 15 is 0 Å². The van der Waals surface area contributed by atoms with Gasteiger partial charge in [0.2, 0.25) is 0 Å². The Labute approximate surface area is 117 Å². The molecule has 0 aromatic carbocycles. The van der Waals surface area contributed by atoms with Gasteiger partial charge in [0.25, 0.3) is 0 Å². The minimum atomic E-state index is -0.0161. The van der Waals surface area contributed by atoms with Crippen LogP contribution < -0.4 is 0 Å². The third-order valence-electron chi connectivity index (χ3n) is 4.26. The SMILES string of the molecule is CCOC(=O)C1CCCCN1C1/C=C/CCCCC1. The number of piperidine rings is 1. The lowest BCUT2D eigenvalue weighted by atomic mass is 9.95. The highest BCUT2D eigenvalue weighted by molar-refractivity contribution is 5.76. The van der Waals surface area contributed by atoms with E-state index in [-0.39, 0.29) is 12.0 Å². The van der Waals surface area contributed by atoms with Crippen molar-refractivity contribution in [2.75, 3.05) is 13.2 Å². The Morgan fingerprint density at radius 2 is 2.05 bits per heavy atom. The topological polar surface area (TPSA) is 29.5 Å². The molecule has 0 radical (unpaired) electrons. The summed E-state index contributed by atoms with van der Waals surface area (Å²) in [6.07, 6.45) is 14.2. The van der Waals surface area contributed by atoms with Crippen LogP contribution in [0.25, 0.3) is 0 Å². The first-order chi connectivity index (χ1) is 9.33. The molecule has 1 fully saturated rings. The fraction of sp³-hybridized carbons (Fsp3) is 0.812. The molecule has 0 aromatic rings. The Morgan fingerprint density at radius 3 is 2.89 bits per heavy atom. The molecule has 1 saturated heterocycles. The fourth-order valence-electron chi connectivity index (χ4n) is 3.26. The molecule has 0 saturated carbocycles. The number of hydrogen-bond donors (Lipinski definition) is 0. The predicted molar refractivity (Wildman–Crippen MR) is 77.0 cm³/mol. The second kappa shape index (κ2) is 7.68. The summed E-state index contributed by atoms with van der Waals surface area (Å²) in [7, 11) is 0. The van der Waals surface area contributed by atoms with Crippen molar-refractivity contribution in [2.24, 2.45) is 0 Å². The Hall–Kier alpha value is -0.830.